The van der Waals surface area contributed by atoms with E-state index in [-0.39, 0.29) is 0 Å². The van der Waals surface area contributed by atoms with Crippen LogP contribution >= 0.6 is 15.9 Å². The lowest BCUT2D eigenvalue weighted by Crippen LogP contribution is -2.04. The van der Waals surface area contributed by atoms with Crippen molar-refractivity contribution in [1.29, 1.82) is 0 Å². The van der Waals surface area contributed by atoms with Crippen LogP contribution in [0, 0.1) is 6.92 Å². The predicted molar refractivity (Wildman–Crippen MR) is 59.9 cm³/mol. The van der Waals surface area contributed by atoms with Crippen LogP contribution in [0.25, 0.3) is 0 Å². The fourth-order valence-electron chi connectivity index (χ4n) is 1.43. The van der Waals surface area contributed by atoms with Crippen LogP contribution in [-0.2, 0) is 6.54 Å². The Balaban J connectivity index is 3.43. The summed E-state index contributed by atoms with van der Waals surface area (Å²) in [7, 11) is 3.22. The fourth-order valence-corrected chi connectivity index (χ4v) is 2.11. The van der Waals surface area contributed by atoms with E-state index in [2.05, 4.69) is 15.9 Å². The van der Waals surface area contributed by atoms with E-state index >= 15 is 0 Å². The maximum atomic E-state index is 5.65. The van der Waals surface area contributed by atoms with E-state index in [9.17, 15) is 0 Å². The highest BCUT2D eigenvalue weighted by atomic mass is 79.9. The molecule has 1 aromatic carbocycles. The summed E-state index contributed by atoms with van der Waals surface area (Å²) in [5.41, 5.74) is 7.72. The highest BCUT2D eigenvalue weighted by Gasteiger charge is 2.15. The minimum Gasteiger partial charge on any atom is -0.492 e. The van der Waals surface area contributed by atoms with Crippen molar-refractivity contribution in [3.63, 3.8) is 0 Å². The molecule has 0 aliphatic carbocycles. The average Bonchev–Trinajstić information content (AvgIpc) is 2.16. The van der Waals surface area contributed by atoms with Crippen LogP contribution in [0.3, 0.4) is 0 Å². The summed E-state index contributed by atoms with van der Waals surface area (Å²) in [6, 6.07) is 1.98. The largest absolute Gasteiger partial charge is 0.492 e. The molecule has 0 radical (unpaired) electrons. The highest BCUT2D eigenvalue weighted by molar-refractivity contribution is 9.10. The van der Waals surface area contributed by atoms with Crippen LogP contribution in [0.15, 0.2) is 10.5 Å². The molecule has 0 spiro atoms. The Kier molecular flexibility index (Phi) is 3.77. The van der Waals surface area contributed by atoms with Gasteiger partial charge in [-0.05, 0) is 34.5 Å². The van der Waals surface area contributed by atoms with Crippen molar-refractivity contribution in [3.05, 3.63) is 21.7 Å². The van der Waals surface area contributed by atoms with E-state index in [4.69, 9.17) is 15.2 Å². The molecule has 0 aliphatic heterocycles. The molecule has 0 aliphatic rings. The molecule has 2 N–H and O–H groups in total. The van der Waals surface area contributed by atoms with Crippen molar-refractivity contribution in [2.75, 3.05) is 14.2 Å². The number of benzene rings is 1. The van der Waals surface area contributed by atoms with Crippen LogP contribution in [0.5, 0.6) is 11.5 Å². The molecule has 0 bridgehead atoms. The topological polar surface area (TPSA) is 44.5 Å². The molecular formula is C10H14BrNO2. The van der Waals surface area contributed by atoms with Crippen molar-refractivity contribution in [2.24, 2.45) is 5.73 Å². The number of ether oxygens (including phenoxy) is 2. The van der Waals surface area contributed by atoms with Gasteiger partial charge in [0.1, 0.15) is 0 Å². The Labute approximate surface area is 92.3 Å². The van der Waals surface area contributed by atoms with E-state index < -0.39 is 0 Å². The van der Waals surface area contributed by atoms with Crippen molar-refractivity contribution < 1.29 is 9.47 Å². The molecule has 4 heteroatoms. The first-order chi connectivity index (χ1) is 6.65. The highest BCUT2D eigenvalue weighted by Crippen LogP contribution is 2.39. The molecule has 0 fully saturated rings. The summed E-state index contributed by atoms with van der Waals surface area (Å²) < 4.78 is 11.4. The summed E-state index contributed by atoms with van der Waals surface area (Å²) in [6.45, 7) is 2.44. The normalized spacial score (nSPS) is 10.1. The maximum Gasteiger partial charge on any atom is 0.175 e. The molecular weight excluding hydrogens is 246 g/mol. The Morgan fingerprint density at radius 2 is 1.86 bits per heavy atom. The summed E-state index contributed by atoms with van der Waals surface area (Å²) in [5, 5.41) is 0. The van der Waals surface area contributed by atoms with Gasteiger partial charge in [-0.3, -0.25) is 0 Å². The number of hydrogen-bond acceptors (Lipinski definition) is 3. The van der Waals surface area contributed by atoms with E-state index in [0.29, 0.717) is 18.0 Å². The molecule has 0 heterocycles. The number of hydrogen-bond donors (Lipinski definition) is 1. The molecule has 0 atom stereocenters. The molecule has 3 nitrogen and oxygen atoms in total. The molecule has 1 rings (SSSR count). The summed E-state index contributed by atoms with van der Waals surface area (Å²) >= 11 is 3.42. The molecule has 0 unspecified atom stereocenters. The summed E-state index contributed by atoms with van der Waals surface area (Å²) in [6.07, 6.45) is 0. The van der Waals surface area contributed by atoms with E-state index in [0.717, 1.165) is 15.6 Å². The lowest BCUT2D eigenvalue weighted by atomic mass is 10.1. The third-order valence-corrected chi connectivity index (χ3v) is 2.72. The van der Waals surface area contributed by atoms with Gasteiger partial charge >= 0.3 is 0 Å². The Morgan fingerprint density at radius 1 is 1.29 bits per heavy atom. The fraction of sp³-hybridized carbons (Fsp3) is 0.400. The van der Waals surface area contributed by atoms with Crippen LogP contribution in [0.2, 0.25) is 0 Å². The van der Waals surface area contributed by atoms with Crippen molar-refractivity contribution in [1.82, 2.24) is 0 Å². The SMILES string of the molecule is COc1c(Br)cc(C)c(CN)c1OC. The Bertz CT molecular complexity index is 311. The van der Waals surface area contributed by atoms with Gasteiger partial charge in [-0.2, -0.15) is 0 Å². The van der Waals surface area contributed by atoms with E-state index in [1.165, 1.54) is 0 Å². The quantitative estimate of drug-likeness (QED) is 0.906. The Morgan fingerprint density at radius 3 is 2.29 bits per heavy atom. The number of aryl methyl sites for hydroxylation is 1. The van der Waals surface area contributed by atoms with Crippen LogP contribution < -0.4 is 15.2 Å². The summed E-state index contributed by atoms with van der Waals surface area (Å²) in [4.78, 5) is 0. The standard InChI is InChI=1S/C10H14BrNO2/c1-6-4-8(11)10(14-3)9(13-2)7(6)5-12/h4H,5,12H2,1-3H3. The molecule has 78 valence electrons. The van der Waals surface area contributed by atoms with Crippen LogP contribution in [-0.4, -0.2) is 14.2 Å². The van der Waals surface area contributed by atoms with Gasteiger partial charge < -0.3 is 15.2 Å². The zero-order chi connectivity index (χ0) is 10.7. The molecule has 0 aromatic heterocycles. The Hall–Kier alpha value is -0.740. The number of halogens is 1. The second-order valence-electron chi connectivity index (χ2n) is 2.92. The first-order valence-electron chi connectivity index (χ1n) is 4.25. The molecule has 0 amide bonds. The minimum absolute atomic E-state index is 0.443. The molecule has 0 saturated heterocycles. The molecule has 1 aromatic rings. The minimum atomic E-state index is 0.443. The summed E-state index contributed by atoms with van der Waals surface area (Å²) in [5.74, 6) is 1.40. The van der Waals surface area contributed by atoms with Crippen LogP contribution in [0.1, 0.15) is 11.1 Å². The van der Waals surface area contributed by atoms with Gasteiger partial charge in [0.15, 0.2) is 11.5 Å². The lowest BCUT2D eigenvalue weighted by Gasteiger charge is -2.15. The number of methoxy groups -OCH3 is 2. The third kappa shape index (κ3) is 1.86. The first kappa shape index (κ1) is 11.3. The van der Waals surface area contributed by atoms with Crippen LogP contribution in [0.4, 0.5) is 0 Å². The van der Waals surface area contributed by atoms with Crippen molar-refractivity contribution in [2.45, 2.75) is 13.5 Å². The third-order valence-electron chi connectivity index (χ3n) is 2.13. The van der Waals surface area contributed by atoms with Gasteiger partial charge in [-0.1, -0.05) is 0 Å². The van der Waals surface area contributed by atoms with Crippen molar-refractivity contribution in [3.8, 4) is 11.5 Å². The monoisotopic (exact) mass is 259 g/mol. The molecule has 0 saturated carbocycles. The van der Waals surface area contributed by atoms with Gasteiger partial charge in [0.25, 0.3) is 0 Å². The number of rotatable bonds is 3. The second kappa shape index (κ2) is 4.66. The van der Waals surface area contributed by atoms with E-state index in [1.807, 2.05) is 13.0 Å². The lowest BCUT2D eigenvalue weighted by molar-refractivity contribution is 0.349. The second-order valence-corrected chi connectivity index (χ2v) is 3.78. The van der Waals surface area contributed by atoms with Gasteiger partial charge in [-0.15, -0.1) is 0 Å². The molecule has 14 heavy (non-hydrogen) atoms. The van der Waals surface area contributed by atoms with E-state index in [1.54, 1.807) is 14.2 Å². The zero-order valence-electron chi connectivity index (χ0n) is 8.56. The predicted octanol–water partition coefficient (Wildman–Crippen LogP) is 2.23. The van der Waals surface area contributed by atoms with Gasteiger partial charge in [0.05, 0.1) is 18.7 Å². The smallest absolute Gasteiger partial charge is 0.175 e. The van der Waals surface area contributed by atoms with Crippen molar-refractivity contribution >= 4 is 15.9 Å². The van der Waals surface area contributed by atoms with Gasteiger partial charge in [0, 0.05) is 12.1 Å². The zero-order valence-corrected chi connectivity index (χ0v) is 10.1. The number of nitrogens with two attached hydrogens (primary N) is 1. The maximum absolute atomic E-state index is 5.65. The first-order valence-corrected chi connectivity index (χ1v) is 5.05. The van der Waals surface area contributed by atoms with Gasteiger partial charge in [-0.25, -0.2) is 0 Å². The average molecular weight is 260 g/mol. The van der Waals surface area contributed by atoms with Gasteiger partial charge in [0.2, 0.25) is 0 Å².